The van der Waals surface area contributed by atoms with Gasteiger partial charge in [0, 0.05) is 28.0 Å². The normalized spacial score (nSPS) is 9.96. The molecule has 0 fully saturated rings. The second kappa shape index (κ2) is 8.42. The van der Waals surface area contributed by atoms with Gasteiger partial charge >= 0.3 is 12.1 Å². The van der Waals surface area contributed by atoms with Gasteiger partial charge in [-0.15, -0.1) is 0 Å². The van der Waals surface area contributed by atoms with Crippen molar-refractivity contribution in [1.29, 1.82) is 0 Å². The summed E-state index contributed by atoms with van der Waals surface area (Å²) in [7, 11) is 1.28. The second-order valence-electron chi connectivity index (χ2n) is 4.78. The van der Waals surface area contributed by atoms with Crippen molar-refractivity contribution < 1.29 is 14.3 Å². The zero-order chi connectivity index (χ0) is 17.5. The van der Waals surface area contributed by atoms with Crippen LogP contribution in [0.15, 0.2) is 42.5 Å². The molecule has 0 heterocycles. The molecule has 0 unspecified atom stereocenters. The SMILES string of the molecule is COC(=O)Nc1cccc(CNC(=O)Nc2cc(Cl)cc(Cl)c2)c1. The van der Waals surface area contributed by atoms with Crippen LogP contribution in [0.3, 0.4) is 0 Å². The lowest BCUT2D eigenvalue weighted by Crippen LogP contribution is -2.28. The lowest BCUT2D eigenvalue weighted by atomic mass is 10.2. The van der Waals surface area contributed by atoms with Crippen molar-refractivity contribution in [2.45, 2.75) is 6.54 Å². The van der Waals surface area contributed by atoms with Gasteiger partial charge in [0.05, 0.1) is 7.11 Å². The number of amides is 3. The van der Waals surface area contributed by atoms with Gasteiger partial charge in [-0.1, -0.05) is 35.3 Å². The molecule has 3 amide bonds. The number of carbonyl (C=O) groups excluding carboxylic acids is 2. The zero-order valence-electron chi connectivity index (χ0n) is 12.7. The van der Waals surface area contributed by atoms with Gasteiger partial charge in [-0.2, -0.15) is 0 Å². The largest absolute Gasteiger partial charge is 0.453 e. The fourth-order valence-corrected chi connectivity index (χ4v) is 2.44. The summed E-state index contributed by atoms with van der Waals surface area (Å²) in [4.78, 5) is 23.1. The number of hydrogen-bond acceptors (Lipinski definition) is 3. The Bertz CT molecular complexity index is 733. The molecule has 8 heteroatoms. The van der Waals surface area contributed by atoms with Gasteiger partial charge in [-0.3, -0.25) is 5.32 Å². The first-order valence-corrected chi connectivity index (χ1v) is 7.67. The fraction of sp³-hybridized carbons (Fsp3) is 0.125. The number of carbonyl (C=O) groups is 2. The summed E-state index contributed by atoms with van der Waals surface area (Å²) in [5.74, 6) is 0. The molecule has 126 valence electrons. The van der Waals surface area contributed by atoms with Crippen molar-refractivity contribution >= 4 is 46.7 Å². The molecule has 0 atom stereocenters. The molecule has 0 radical (unpaired) electrons. The van der Waals surface area contributed by atoms with Crippen molar-refractivity contribution in [3.05, 3.63) is 58.1 Å². The van der Waals surface area contributed by atoms with Crippen LogP contribution in [0, 0.1) is 0 Å². The second-order valence-corrected chi connectivity index (χ2v) is 5.66. The third-order valence-corrected chi connectivity index (χ3v) is 3.37. The summed E-state index contributed by atoms with van der Waals surface area (Å²) < 4.78 is 4.53. The minimum Gasteiger partial charge on any atom is -0.453 e. The Morgan fingerprint density at radius 1 is 1.00 bits per heavy atom. The molecule has 0 saturated carbocycles. The van der Waals surface area contributed by atoms with E-state index in [1.54, 1.807) is 36.4 Å². The molecule has 2 aromatic rings. The Kier molecular flexibility index (Phi) is 6.28. The summed E-state index contributed by atoms with van der Waals surface area (Å²) in [6.07, 6.45) is -0.560. The van der Waals surface area contributed by atoms with E-state index in [0.29, 0.717) is 21.4 Å². The number of methoxy groups -OCH3 is 1. The smallest absolute Gasteiger partial charge is 0.411 e. The van der Waals surface area contributed by atoms with Gasteiger partial charge < -0.3 is 15.4 Å². The van der Waals surface area contributed by atoms with Crippen molar-refractivity contribution in [3.63, 3.8) is 0 Å². The topological polar surface area (TPSA) is 79.5 Å². The molecule has 2 aromatic carbocycles. The summed E-state index contributed by atoms with van der Waals surface area (Å²) in [5, 5.41) is 8.75. The summed E-state index contributed by atoms with van der Waals surface area (Å²) in [6.45, 7) is 0.275. The number of anilines is 2. The summed E-state index contributed by atoms with van der Waals surface area (Å²) in [5.41, 5.74) is 1.87. The minimum atomic E-state index is -0.560. The van der Waals surface area contributed by atoms with Gasteiger partial charge in [0.1, 0.15) is 0 Å². The fourth-order valence-electron chi connectivity index (χ4n) is 1.91. The van der Waals surface area contributed by atoms with Gasteiger partial charge in [0.25, 0.3) is 0 Å². The molecule has 0 aliphatic rings. The Morgan fingerprint density at radius 3 is 2.38 bits per heavy atom. The number of hydrogen-bond donors (Lipinski definition) is 3. The highest BCUT2D eigenvalue weighted by Gasteiger charge is 2.05. The first kappa shape index (κ1) is 17.9. The van der Waals surface area contributed by atoms with Gasteiger partial charge in [-0.25, -0.2) is 9.59 Å². The van der Waals surface area contributed by atoms with Crippen molar-refractivity contribution in [2.75, 3.05) is 17.7 Å². The Balaban J connectivity index is 1.91. The molecule has 0 aliphatic carbocycles. The standard InChI is InChI=1S/C16H15Cl2N3O3/c1-24-16(23)21-13-4-2-3-10(5-13)9-19-15(22)20-14-7-11(17)6-12(18)8-14/h2-8H,9H2,1H3,(H,21,23)(H2,19,20,22). The zero-order valence-corrected chi connectivity index (χ0v) is 14.2. The van der Waals surface area contributed by atoms with Crippen LogP contribution in [-0.4, -0.2) is 19.2 Å². The number of nitrogens with one attached hydrogen (secondary N) is 3. The first-order valence-electron chi connectivity index (χ1n) is 6.91. The predicted octanol–water partition coefficient (Wildman–Crippen LogP) is 4.49. The number of ether oxygens (including phenoxy) is 1. The molecule has 0 bridgehead atoms. The number of rotatable bonds is 4. The molecule has 24 heavy (non-hydrogen) atoms. The first-order chi connectivity index (χ1) is 11.5. The highest BCUT2D eigenvalue weighted by molar-refractivity contribution is 6.35. The van der Waals surface area contributed by atoms with Crippen LogP contribution in [0.1, 0.15) is 5.56 Å². The van der Waals surface area contributed by atoms with Crippen molar-refractivity contribution in [1.82, 2.24) is 5.32 Å². The molecule has 2 rings (SSSR count). The molecule has 3 N–H and O–H groups in total. The van der Waals surface area contributed by atoms with Crippen LogP contribution < -0.4 is 16.0 Å². The van der Waals surface area contributed by atoms with Crippen molar-refractivity contribution in [3.8, 4) is 0 Å². The molecule has 0 saturated heterocycles. The average molecular weight is 368 g/mol. The van der Waals surface area contributed by atoms with E-state index in [1.165, 1.54) is 7.11 Å². The number of urea groups is 1. The predicted molar refractivity (Wildman–Crippen MR) is 94.8 cm³/mol. The van der Waals surface area contributed by atoms with E-state index in [1.807, 2.05) is 6.07 Å². The molecule has 0 spiro atoms. The Labute approximate surface area is 149 Å². The van der Waals surface area contributed by atoms with Crippen LogP contribution in [0.5, 0.6) is 0 Å². The summed E-state index contributed by atoms with van der Waals surface area (Å²) >= 11 is 11.8. The van der Waals surface area contributed by atoms with Crippen LogP contribution in [0.2, 0.25) is 10.0 Å². The van der Waals surface area contributed by atoms with E-state index in [9.17, 15) is 9.59 Å². The van der Waals surface area contributed by atoms with E-state index in [-0.39, 0.29) is 6.54 Å². The van der Waals surface area contributed by atoms with E-state index in [4.69, 9.17) is 23.2 Å². The number of benzene rings is 2. The monoisotopic (exact) mass is 367 g/mol. The van der Waals surface area contributed by atoms with E-state index in [2.05, 4.69) is 20.7 Å². The highest BCUT2D eigenvalue weighted by Crippen LogP contribution is 2.22. The highest BCUT2D eigenvalue weighted by atomic mass is 35.5. The quantitative estimate of drug-likeness (QED) is 0.744. The molecule has 0 aliphatic heterocycles. The van der Waals surface area contributed by atoms with Crippen LogP contribution >= 0.6 is 23.2 Å². The maximum atomic E-state index is 11.9. The van der Waals surface area contributed by atoms with Crippen LogP contribution in [0.4, 0.5) is 21.0 Å². The molecular formula is C16H15Cl2N3O3. The molecular weight excluding hydrogens is 353 g/mol. The van der Waals surface area contributed by atoms with Crippen molar-refractivity contribution in [2.24, 2.45) is 0 Å². The van der Waals surface area contributed by atoms with E-state index >= 15 is 0 Å². The van der Waals surface area contributed by atoms with E-state index in [0.717, 1.165) is 5.56 Å². The lowest BCUT2D eigenvalue weighted by Gasteiger charge is -2.10. The molecule has 6 nitrogen and oxygen atoms in total. The summed E-state index contributed by atoms with van der Waals surface area (Å²) in [6, 6.07) is 11.4. The van der Waals surface area contributed by atoms with Crippen LogP contribution in [0.25, 0.3) is 0 Å². The van der Waals surface area contributed by atoms with Gasteiger partial charge in [0.2, 0.25) is 0 Å². The van der Waals surface area contributed by atoms with E-state index < -0.39 is 12.1 Å². The van der Waals surface area contributed by atoms with Crippen LogP contribution in [-0.2, 0) is 11.3 Å². The Morgan fingerprint density at radius 2 is 1.71 bits per heavy atom. The minimum absolute atomic E-state index is 0.275. The third kappa shape index (κ3) is 5.64. The maximum absolute atomic E-state index is 11.9. The third-order valence-electron chi connectivity index (χ3n) is 2.93. The maximum Gasteiger partial charge on any atom is 0.411 e. The number of halogens is 2. The lowest BCUT2D eigenvalue weighted by molar-refractivity contribution is 0.187. The average Bonchev–Trinajstić information content (AvgIpc) is 2.52. The van der Waals surface area contributed by atoms with Gasteiger partial charge in [-0.05, 0) is 35.9 Å². The van der Waals surface area contributed by atoms with Gasteiger partial charge in [0.15, 0.2) is 0 Å². The Hall–Kier alpha value is -2.44. The molecule has 0 aromatic heterocycles.